The Bertz CT molecular complexity index is 4860. The average molecular weight is 2160 g/mol. The second-order valence-electron chi connectivity index (χ2n) is 27.6. The summed E-state index contributed by atoms with van der Waals surface area (Å²) in [7, 11) is 12.2. The Kier molecular flexibility index (Phi) is 38.2. The van der Waals surface area contributed by atoms with Crippen molar-refractivity contribution in [1.29, 1.82) is 0 Å². The van der Waals surface area contributed by atoms with E-state index in [1.54, 1.807) is 12.2 Å². The van der Waals surface area contributed by atoms with Gasteiger partial charge in [0.1, 0.15) is 42.3 Å². The second-order valence-corrected chi connectivity index (χ2v) is 27.6. The molecule has 0 bridgehead atoms. The van der Waals surface area contributed by atoms with Crippen molar-refractivity contribution in [2.24, 2.45) is 42.3 Å². The summed E-state index contributed by atoms with van der Waals surface area (Å²) in [6.45, 7) is 2.01. The topological polar surface area (TPSA) is 86.6 Å². The predicted molar refractivity (Wildman–Crippen MR) is 403 cm³/mol. The average Bonchev–Trinajstić information content (AvgIpc) is 1.53. The molecule has 0 saturated heterocycles. The van der Waals surface area contributed by atoms with Crippen LogP contribution in [-0.4, -0.2) is 61.3 Å². The number of aromatic nitrogens is 7. The third-order valence-corrected chi connectivity index (χ3v) is 18.9. The van der Waals surface area contributed by atoms with E-state index in [1.807, 2.05) is 172 Å². The molecule has 0 spiro atoms. The lowest BCUT2D eigenvalue weighted by molar-refractivity contribution is -0.672. The van der Waals surface area contributed by atoms with Gasteiger partial charge in [-0.3, -0.25) is 0 Å². The van der Waals surface area contributed by atoms with Gasteiger partial charge in [0.15, 0.2) is 120 Å². The zero-order valence-electron chi connectivity index (χ0n) is 63.9. The highest BCUT2D eigenvalue weighted by molar-refractivity contribution is 6.58. The van der Waals surface area contributed by atoms with Crippen molar-refractivity contribution >= 4 is 36.5 Å². The van der Waals surface area contributed by atoms with Crippen molar-refractivity contribution < 1.29 is 213 Å². The molecule has 2 aliphatic rings. The van der Waals surface area contributed by atoms with E-state index >= 15 is 8.63 Å². The molecule has 582 valence electrons. The fraction of sp³-hybridized carbons (Fsp3) is 0.299. The highest BCUT2D eigenvalue weighted by Crippen LogP contribution is 2.47. The molecule has 0 N–H and O–H groups in total. The summed E-state index contributed by atoms with van der Waals surface area (Å²) in [5.74, 6) is 3.58. The van der Waals surface area contributed by atoms with Gasteiger partial charge in [0, 0.05) is 98.9 Å². The van der Waals surface area contributed by atoms with E-state index in [-0.39, 0.29) is 144 Å². The van der Waals surface area contributed by atoms with Gasteiger partial charge >= 0.3 is 6.97 Å². The normalized spacial score (nSPS) is 12.5. The highest BCUT2D eigenvalue weighted by atomic mass is 127. The lowest BCUT2D eigenvalue weighted by atomic mass is 9.83. The van der Waals surface area contributed by atoms with E-state index in [4.69, 9.17) is 28.4 Å². The predicted octanol–water partition coefficient (Wildman–Crippen LogP) is -4.87. The van der Waals surface area contributed by atoms with Crippen LogP contribution in [0.15, 0.2) is 231 Å². The van der Waals surface area contributed by atoms with Gasteiger partial charge < -0.3 is 190 Å². The molecule has 7 aromatic heterocycles. The van der Waals surface area contributed by atoms with E-state index in [0.29, 0.717) is 119 Å². The number of nitrogens with zero attached hydrogens (tertiary/aromatic N) is 8. The lowest BCUT2D eigenvalue weighted by Crippen LogP contribution is -3.00. The first-order chi connectivity index (χ1) is 50.6. The van der Waals surface area contributed by atoms with E-state index < -0.39 is 6.97 Å². The van der Waals surface area contributed by atoms with E-state index in [2.05, 4.69) is 137 Å². The van der Waals surface area contributed by atoms with Crippen molar-refractivity contribution in [3.05, 3.63) is 298 Å². The summed E-state index contributed by atoms with van der Waals surface area (Å²) in [5, 5.41) is 0. The molecule has 110 heavy (non-hydrogen) atoms. The van der Waals surface area contributed by atoms with E-state index in [9.17, 15) is 0 Å². The number of fused-ring (bicyclic) bond motifs is 2. The molecular weight excluding hydrogens is 2060 g/mol. The minimum Gasteiger partial charge on any atom is -1.00 e. The summed E-state index contributed by atoms with van der Waals surface area (Å²) in [6.07, 6.45) is 43.9. The minimum absolute atomic E-state index is 0. The number of pyridine rings is 6. The molecule has 0 unspecified atom stereocenters. The van der Waals surface area contributed by atoms with Crippen LogP contribution in [0.25, 0.3) is 23.8 Å². The van der Waals surface area contributed by atoms with Gasteiger partial charge in [0.25, 0.3) is 0 Å². The lowest BCUT2D eigenvalue weighted by Gasteiger charge is -2.34. The molecule has 3 aromatic carbocycles. The Morgan fingerprint density at radius 2 is 0.673 bits per heavy atom. The fourth-order valence-electron chi connectivity index (χ4n) is 13.9. The molecule has 2 aliphatic heterocycles. The Hall–Kier alpha value is -6.43. The van der Waals surface area contributed by atoms with Crippen LogP contribution in [0.2, 0.25) is 0 Å². The molecule has 0 radical (unpaired) electrons. The largest absolute Gasteiger partial charge is 1.00 e. The summed E-state index contributed by atoms with van der Waals surface area (Å²) < 4.78 is 92.2. The van der Waals surface area contributed by atoms with Crippen LogP contribution in [-0.2, 0) is 80.8 Å². The number of halogens is 8. The summed E-state index contributed by atoms with van der Waals surface area (Å²) in [6, 6.07) is 44.6. The molecule has 12 rings (SSSR count). The third kappa shape index (κ3) is 25.5. The number of hydrogen-bond acceptors (Lipinski definition) is 6. The molecule has 0 saturated carbocycles. The quantitative estimate of drug-likeness (QED) is 0.0172. The van der Waals surface area contributed by atoms with Crippen LogP contribution in [0.5, 0.6) is 34.5 Å². The Balaban J connectivity index is 0.00000315. The van der Waals surface area contributed by atoms with Crippen LogP contribution in [0.4, 0.5) is 8.63 Å². The number of hydrogen-bond donors (Lipinski definition) is 0. The highest BCUT2D eigenvalue weighted by Gasteiger charge is 2.56. The molecule has 0 fully saturated rings. The second kappa shape index (κ2) is 45.5. The Labute approximate surface area is 751 Å². The van der Waals surface area contributed by atoms with Crippen molar-refractivity contribution in [3.63, 3.8) is 0 Å². The molecule has 14 nitrogen and oxygen atoms in total. The monoisotopic (exact) mass is 2160 g/mol. The molecular formula is C87H99BF2I6N8O6. The zero-order valence-corrected chi connectivity index (χ0v) is 76.8. The molecule has 23 heteroatoms. The molecule has 9 heterocycles. The molecule has 10 aromatic rings. The van der Waals surface area contributed by atoms with Gasteiger partial charge in [-0.05, 0) is 204 Å². The van der Waals surface area contributed by atoms with Gasteiger partial charge in [-0.2, -0.15) is 0 Å². The standard InChI is InChI=1S/C87H99BF2N8O6.6HI/c1-66-55-77(38-33-68-35-40-79(99-49-15-27-70-21-9-43-91(3)60-70)82(57-68)102-52-18-30-73-24-12-46-94(6)63-73)97-86(66)85(76-37-42-81(101-51-17-29-72-23-11-45-93(5)62-72)84(59-76)104-54-20-32-75-26-14-48-96(8)65-75)87-67(2)56-78(98(87)88(97,89)90)39-34-69-36-41-80(100-50-16-28-71-22-10-44-92(4)61-71)83(58-69)103-53-19-31-74-25-13-47-95(7)64-74;;;;;;/h9-14,21-26,33-48,55-65H,15-20,27-32,49-54H2,1-8H3;6*1H/q+6;;;;;;/p-6/b38-33+,39-34+;;;;;;. The first-order valence-corrected chi connectivity index (χ1v) is 36.6. The maximum Gasteiger partial charge on any atom is 0.737 e. The van der Waals surface area contributed by atoms with Gasteiger partial charge in [-0.15, -0.1) is 0 Å². The maximum absolute atomic E-state index is 18.9. The number of ether oxygens (including phenoxy) is 6. The van der Waals surface area contributed by atoms with Crippen molar-refractivity contribution in [2.75, 3.05) is 39.6 Å². The van der Waals surface area contributed by atoms with Crippen LogP contribution < -0.4 is 200 Å². The third-order valence-electron chi connectivity index (χ3n) is 18.9. The summed E-state index contributed by atoms with van der Waals surface area (Å²) in [5.41, 5.74) is 13.2. The number of benzene rings is 3. The fourth-order valence-corrected chi connectivity index (χ4v) is 13.9. The van der Waals surface area contributed by atoms with Gasteiger partial charge in [0.2, 0.25) is 0 Å². The van der Waals surface area contributed by atoms with Gasteiger partial charge in [-0.1, -0.05) is 24.3 Å². The van der Waals surface area contributed by atoms with Crippen molar-refractivity contribution in [2.45, 2.75) is 90.9 Å². The maximum atomic E-state index is 18.9. The summed E-state index contributed by atoms with van der Waals surface area (Å²) >= 11 is 0. The smallest absolute Gasteiger partial charge is 0.737 e. The van der Waals surface area contributed by atoms with Gasteiger partial charge in [-0.25, -0.2) is 27.4 Å². The van der Waals surface area contributed by atoms with E-state index in [1.165, 1.54) is 42.3 Å². The van der Waals surface area contributed by atoms with Crippen molar-refractivity contribution in [1.82, 2.24) is 4.48 Å². The van der Waals surface area contributed by atoms with Gasteiger partial charge in [0.05, 0.1) is 45.2 Å². The number of rotatable bonds is 35. The Morgan fingerprint density at radius 1 is 0.364 bits per heavy atom. The van der Waals surface area contributed by atoms with Crippen molar-refractivity contribution in [3.8, 4) is 34.5 Å². The SMILES string of the molecule is CC1=CC(/C=C/c2ccc(OCCCc3ccc[n+](C)c3)c(OCCCc3ccc[n+](C)c3)c2)=[N+]2C1=C(c1ccc(OCCCc3ccc[n+](C)c3)c(OCCCc3ccc[n+](C)c3)c1)c1c(C)cc(/C=C/c3ccc(OCCCc4ccc[n+](C)c4)c(OCCCc4ccc[n+](C)c4)c3)n1[B-]2(F)F.[I-].[I-].[I-].[I-].[I-].[I-]. The van der Waals surface area contributed by atoms with Crippen LogP contribution in [0.3, 0.4) is 0 Å². The van der Waals surface area contributed by atoms with E-state index in [0.717, 1.165) is 88.2 Å². The molecule has 0 atom stereocenters. The number of allylic oxidation sites excluding steroid dienone is 3. The zero-order chi connectivity index (χ0) is 72.4. The van der Waals surface area contributed by atoms with Crippen LogP contribution in [0.1, 0.15) is 112 Å². The number of aryl methyl sites for hydroxylation is 13. The molecule has 0 aliphatic carbocycles. The first kappa shape index (κ1) is 92.4. The van der Waals surface area contributed by atoms with Crippen LogP contribution in [0, 0.1) is 6.92 Å². The summed E-state index contributed by atoms with van der Waals surface area (Å²) in [4.78, 5) is 0. The first-order valence-electron chi connectivity index (χ1n) is 36.6. The van der Waals surface area contributed by atoms with Crippen LogP contribution >= 0.6 is 0 Å². The Morgan fingerprint density at radius 3 is 1.01 bits per heavy atom. The minimum atomic E-state index is -4.58. The molecule has 0 amide bonds.